The van der Waals surface area contributed by atoms with E-state index in [1.807, 2.05) is 5.38 Å². The van der Waals surface area contributed by atoms with Crippen molar-refractivity contribution in [2.24, 2.45) is 11.8 Å². The highest BCUT2D eigenvalue weighted by Gasteiger charge is 2.47. The normalized spacial score (nSPS) is 22.9. The average molecular weight is 424 g/mol. The molecule has 2 atom stereocenters. The van der Waals surface area contributed by atoms with Crippen LogP contribution in [-0.2, 0) is 27.2 Å². The maximum absolute atomic E-state index is 12.5. The van der Waals surface area contributed by atoms with E-state index >= 15 is 0 Å². The van der Waals surface area contributed by atoms with Gasteiger partial charge in [0, 0.05) is 23.9 Å². The number of benzene rings is 1. The number of imide groups is 1. The summed E-state index contributed by atoms with van der Waals surface area (Å²) in [6.07, 6.45) is 7.18. The number of thiazole rings is 1. The molecule has 2 fully saturated rings. The lowest BCUT2D eigenvalue weighted by molar-refractivity contribution is -0.140. The molecule has 0 spiro atoms. The molecule has 2 aromatic rings. The molecular formula is C23H25N3O3S. The van der Waals surface area contributed by atoms with Crippen molar-refractivity contribution < 1.29 is 14.4 Å². The minimum Gasteiger partial charge on any atom is -0.302 e. The molecule has 1 N–H and O–H groups in total. The summed E-state index contributed by atoms with van der Waals surface area (Å²) in [7, 11) is 0. The minimum atomic E-state index is -0.222. The third kappa shape index (κ3) is 3.55. The standard InChI is InChI=1S/C23H25N3O3S/c27-20(10-11-26-21(28)17-6-1-2-7-18(17)22(26)29)25-23-24-19(13-30-23)16-9-8-14-4-3-5-15(14)12-16/h8-9,12-13,17-18H,1-7,10-11H2,(H,24,25,27)/t17-,18-/m1/s1. The van der Waals surface area contributed by atoms with Gasteiger partial charge in [0.2, 0.25) is 17.7 Å². The van der Waals surface area contributed by atoms with Gasteiger partial charge in [-0.15, -0.1) is 11.3 Å². The fraction of sp³-hybridized carbons (Fsp3) is 0.478. The molecule has 3 amide bonds. The van der Waals surface area contributed by atoms with Gasteiger partial charge in [-0.2, -0.15) is 0 Å². The first kappa shape index (κ1) is 19.4. The number of hydrogen-bond donors (Lipinski definition) is 1. The van der Waals surface area contributed by atoms with Gasteiger partial charge in [-0.05, 0) is 49.3 Å². The first-order chi connectivity index (χ1) is 14.6. The van der Waals surface area contributed by atoms with Gasteiger partial charge >= 0.3 is 0 Å². The quantitative estimate of drug-likeness (QED) is 0.742. The predicted octanol–water partition coefficient (Wildman–Crippen LogP) is 3.80. The summed E-state index contributed by atoms with van der Waals surface area (Å²) in [6.45, 7) is 0.152. The molecule has 6 nitrogen and oxygen atoms in total. The predicted molar refractivity (Wildman–Crippen MR) is 115 cm³/mol. The van der Waals surface area contributed by atoms with Crippen LogP contribution in [0.1, 0.15) is 49.7 Å². The molecule has 1 aliphatic heterocycles. The Bertz CT molecular complexity index is 991. The largest absolute Gasteiger partial charge is 0.302 e. The molecule has 156 valence electrons. The number of aromatic nitrogens is 1. The number of carbonyl (C=O) groups excluding carboxylic acids is 3. The average Bonchev–Trinajstić information content (AvgIpc) is 3.46. The van der Waals surface area contributed by atoms with Crippen molar-refractivity contribution >= 4 is 34.2 Å². The van der Waals surface area contributed by atoms with Gasteiger partial charge in [0.15, 0.2) is 5.13 Å². The van der Waals surface area contributed by atoms with Crippen LogP contribution < -0.4 is 5.32 Å². The fourth-order valence-electron chi connectivity index (χ4n) is 5.04. The molecule has 0 bridgehead atoms. The molecule has 1 saturated heterocycles. The third-order valence-electron chi connectivity index (χ3n) is 6.64. The van der Waals surface area contributed by atoms with Crippen molar-refractivity contribution in [2.45, 2.75) is 51.4 Å². The molecule has 0 radical (unpaired) electrons. The van der Waals surface area contributed by atoms with E-state index < -0.39 is 0 Å². The van der Waals surface area contributed by atoms with Crippen LogP contribution in [0.4, 0.5) is 5.13 Å². The first-order valence-corrected chi connectivity index (χ1v) is 11.7. The topological polar surface area (TPSA) is 79.4 Å². The van der Waals surface area contributed by atoms with Crippen molar-refractivity contribution in [3.8, 4) is 11.3 Å². The van der Waals surface area contributed by atoms with Crippen molar-refractivity contribution in [1.82, 2.24) is 9.88 Å². The summed E-state index contributed by atoms with van der Waals surface area (Å²) >= 11 is 1.39. The molecule has 2 heterocycles. The van der Waals surface area contributed by atoms with Gasteiger partial charge in [0.25, 0.3) is 0 Å². The number of hydrogen-bond acceptors (Lipinski definition) is 5. The Morgan fingerprint density at radius 3 is 2.57 bits per heavy atom. The van der Waals surface area contributed by atoms with E-state index in [-0.39, 0.29) is 42.5 Å². The second-order valence-corrected chi connectivity index (χ2v) is 9.36. The number of amides is 3. The number of nitrogens with one attached hydrogen (secondary N) is 1. The second-order valence-electron chi connectivity index (χ2n) is 8.50. The summed E-state index contributed by atoms with van der Waals surface area (Å²) in [4.78, 5) is 43.3. The molecular weight excluding hydrogens is 398 g/mol. The molecule has 5 rings (SSSR count). The van der Waals surface area contributed by atoms with Crippen LogP contribution in [0, 0.1) is 11.8 Å². The van der Waals surface area contributed by atoms with Crippen molar-refractivity contribution in [1.29, 1.82) is 0 Å². The Morgan fingerprint density at radius 2 is 1.80 bits per heavy atom. The van der Waals surface area contributed by atoms with Gasteiger partial charge in [-0.1, -0.05) is 25.0 Å². The van der Waals surface area contributed by atoms with E-state index in [2.05, 4.69) is 28.5 Å². The Labute approximate surface area is 179 Å². The number of rotatable bonds is 5. The van der Waals surface area contributed by atoms with Crippen LogP contribution in [0.2, 0.25) is 0 Å². The Kier molecular flexibility index (Phi) is 5.15. The zero-order valence-electron chi connectivity index (χ0n) is 16.9. The van der Waals surface area contributed by atoms with E-state index in [0.717, 1.165) is 49.8 Å². The highest BCUT2D eigenvalue weighted by Crippen LogP contribution is 2.38. The Balaban J connectivity index is 1.19. The van der Waals surface area contributed by atoms with Gasteiger partial charge in [0.1, 0.15) is 0 Å². The molecule has 30 heavy (non-hydrogen) atoms. The van der Waals surface area contributed by atoms with Crippen LogP contribution in [0.15, 0.2) is 23.6 Å². The molecule has 0 unspecified atom stereocenters. The van der Waals surface area contributed by atoms with E-state index in [9.17, 15) is 14.4 Å². The molecule has 1 aromatic heterocycles. The van der Waals surface area contributed by atoms with Crippen LogP contribution in [0.3, 0.4) is 0 Å². The van der Waals surface area contributed by atoms with Gasteiger partial charge in [-0.3, -0.25) is 19.3 Å². The monoisotopic (exact) mass is 423 g/mol. The van der Waals surface area contributed by atoms with Crippen molar-refractivity contribution in [2.75, 3.05) is 11.9 Å². The van der Waals surface area contributed by atoms with Gasteiger partial charge in [-0.25, -0.2) is 4.98 Å². The lowest BCUT2D eigenvalue weighted by Crippen LogP contribution is -2.34. The van der Waals surface area contributed by atoms with E-state index in [1.165, 1.54) is 33.8 Å². The lowest BCUT2D eigenvalue weighted by atomic mass is 9.81. The number of anilines is 1. The second kappa shape index (κ2) is 7.95. The third-order valence-corrected chi connectivity index (χ3v) is 7.40. The van der Waals surface area contributed by atoms with Crippen LogP contribution in [0.5, 0.6) is 0 Å². The summed E-state index contributed by atoms with van der Waals surface area (Å²) in [5, 5.41) is 5.31. The number of likely N-dealkylation sites (tertiary alicyclic amines) is 1. The number of aryl methyl sites for hydroxylation is 2. The van der Waals surface area contributed by atoms with Gasteiger partial charge in [0.05, 0.1) is 17.5 Å². The molecule has 1 saturated carbocycles. The highest BCUT2D eigenvalue weighted by molar-refractivity contribution is 7.14. The van der Waals surface area contributed by atoms with E-state index in [1.54, 1.807) is 0 Å². The van der Waals surface area contributed by atoms with E-state index in [0.29, 0.717) is 5.13 Å². The number of nitrogens with zero attached hydrogens (tertiary/aromatic N) is 2. The maximum Gasteiger partial charge on any atom is 0.233 e. The summed E-state index contributed by atoms with van der Waals surface area (Å²) in [6, 6.07) is 6.47. The molecule has 3 aliphatic rings. The SMILES string of the molecule is O=C(CCN1C(=O)[C@@H]2CCCC[C@H]2C1=O)Nc1nc(-c2ccc3c(c2)CCC3)cs1. The molecule has 2 aliphatic carbocycles. The summed E-state index contributed by atoms with van der Waals surface area (Å²) in [5.74, 6) is -0.733. The van der Waals surface area contributed by atoms with Crippen LogP contribution in [-0.4, -0.2) is 34.2 Å². The van der Waals surface area contributed by atoms with Gasteiger partial charge < -0.3 is 5.32 Å². The van der Waals surface area contributed by atoms with Crippen LogP contribution in [0.25, 0.3) is 11.3 Å². The lowest BCUT2D eigenvalue weighted by Gasteiger charge is -2.19. The molecule has 1 aromatic carbocycles. The zero-order valence-corrected chi connectivity index (χ0v) is 17.7. The number of carbonyl (C=O) groups is 3. The number of fused-ring (bicyclic) bond motifs is 2. The summed E-state index contributed by atoms with van der Waals surface area (Å²) in [5.41, 5.74) is 4.75. The minimum absolute atomic E-state index is 0.0920. The van der Waals surface area contributed by atoms with Crippen molar-refractivity contribution in [3.63, 3.8) is 0 Å². The Morgan fingerprint density at radius 1 is 1.07 bits per heavy atom. The van der Waals surface area contributed by atoms with Crippen LogP contribution >= 0.6 is 11.3 Å². The maximum atomic E-state index is 12.5. The fourth-order valence-corrected chi connectivity index (χ4v) is 5.78. The smallest absolute Gasteiger partial charge is 0.233 e. The Hall–Kier alpha value is -2.54. The first-order valence-electron chi connectivity index (χ1n) is 10.8. The summed E-state index contributed by atoms with van der Waals surface area (Å²) < 4.78 is 0. The van der Waals surface area contributed by atoms with E-state index in [4.69, 9.17) is 0 Å². The highest BCUT2D eigenvalue weighted by atomic mass is 32.1. The zero-order chi connectivity index (χ0) is 20.7. The van der Waals surface area contributed by atoms with Crippen molar-refractivity contribution in [3.05, 3.63) is 34.7 Å². The molecule has 7 heteroatoms.